The van der Waals surface area contributed by atoms with Crippen LogP contribution in [0.2, 0.25) is 0 Å². The van der Waals surface area contributed by atoms with Crippen LogP contribution in [0.4, 0.5) is 5.69 Å². The van der Waals surface area contributed by atoms with E-state index in [1.807, 2.05) is 10.5 Å². The van der Waals surface area contributed by atoms with E-state index < -0.39 is 0 Å². The van der Waals surface area contributed by atoms with Crippen LogP contribution in [0.15, 0.2) is 24.3 Å². The van der Waals surface area contributed by atoms with E-state index in [0.717, 1.165) is 12.8 Å². The predicted molar refractivity (Wildman–Crippen MR) is 52.6 cm³/mol. The Hall–Kier alpha value is -0.690. The molecule has 0 amide bonds. The van der Waals surface area contributed by atoms with Gasteiger partial charge in [-0.25, -0.2) is 0 Å². The van der Waals surface area contributed by atoms with Crippen molar-refractivity contribution in [2.45, 2.75) is 25.8 Å². The van der Waals surface area contributed by atoms with Gasteiger partial charge < -0.3 is 0 Å². The van der Waals surface area contributed by atoms with Crippen molar-refractivity contribution < 1.29 is 0 Å². The van der Waals surface area contributed by atoms with Crippen molar-refractivity contribution in [2.24, 2.45) is 0 Å². The molecule has 12 heavy (non-hydrogen) atoms. The average molecular weight is 182 g/mol. The molecule has 1 aromatic carbocycles. The van der Waals surface area contributed by atoms with Crippen LogP contribution in [-0.2, 0) is 6.42 Å². The molecule has 0 aromatic heterocycles. The number of para-hydroxylation sites is 1. The summed E-state index contributed by atoms with van der Waals surface area (Å²) in [6.45, 7) is 2.16. The Morgan fingerprint density at radius 1 is 1.42 bits per heavy atom. The highest BCUT2D eigenvalue weighted by Crippen LogP contribution is 2.31. The van der Waals surface area contributed by atoms with Gasteiger partial charge in [0, 0.05) is 17.8 Å². The minimum absolute atomic E-state index is 0.460. The van der Waals surface area contributed by atoms with Crippen LogP contribution < -0.4 is 4.42 Å². The van der Waals surface area contributed by atoms with Gasteiger partial charge in [0.2, 0.25) is 0 Å². The van der Waals surface area contributed by atoms with Crippen molar-refractivity contribution in [1.82, 2.24) is 0 Å². The topological polar surface area (TPSA) is 3.24 Å². The van der Waals surface area contributed by atoms with Gasteiger partial charge in [-0.1, -0.05) is 18.2 Å². The van der Waals surface area contributed by atoms with E-state index in [1.54, 1.807) is 0 Å². The van der Waals surface area contributed by atoms with Crippen LogP contribution in [0.1, 0.15) is 18.9 Å². The lowest BCUT2D eigenvalue weighted by molar-refractivity contribution is 0.640. The molecule has 1 aliphatic heterocycles. The number of rotatable bonds is 0. The van der Waals surface area contributed by atoms with Gasteiger partial charge in [-0.15, -0.1) is 0 Å². The summed E-state index contributed by atoms with van der Waals surface area (Å²) in [5, 5.41) is 0. The molecule has 0 N–H and O–H groups in total. The number of benzene rings is 1. The standard InChI is InChI=1S/C10H12ClN/c1-8-6-7-9-4-2-3-5-10(9)12(8)11/h2-5,8H,6-7H2,1H3. The minimum Gasteiger partial charge on any atom is -0.282 e. The van der Waals surface area contributed by atoms with E-state index in [0.29, 0.717) is 6.04 Å². The molecule has 1 atom stereocenters. The Morgan fingerprint density at radius 2 is 2.17 bits per heavy atom. The number of hydrogen-bond acceptors (Lipinski definition) is 1. The Morgan fingerprint density at radius 3 is 3.00 bits per heavy atom. The van der Waals surface area contributed by atoms with Crippen molar-refractivity contribution in [1.29, 1.82) is 0 Å². The number of nitrogens with zero attached hydrogens (tertiary/aromatic N) is 1. The summed E-state index contributed by atoms with van der Waals surface area (Å²) in [5.74, 6) is 0. The van der Waals surface area contributed by atoms with E-state index in [4.69, 9.17) is 11.8 Å². The molecular formula is C10H12ClN. The third-order valence-electron chi connectivity index (χ3n) is 2.44. The zero-order valence-corrected chi connectivity index (χ0v) is 7.88. The normalized spacial score (nSPS) is 22.2. The first-order valence-electron chi connectivity index (χ1n) is 4.32. The first-order valence-corrected chi connectivity index (χ1v) is 4.66. The van der Waals surface area contributed by atoms with E-state index in [1.165, 1.54) is 11.3 Å². The maximum atomic E-state index is 6.13. The maximum Gasteiger partial charge on any atom is 0.0558 e. The molecule has 0 fully saturated rings. The monoisotopic (exact) mass is 181 g/mol. The molecule has 2 heteroatoms. The van der Waals surface area contributed by atoms with Crippen molar-refractivity contribution in [3.05, 3.63) is 29.8 Å². The lowest BCUT2D eigenvalue weighted by Gasteiger charge is -2.30. The van der Waals surface area contributed by atoms with E-state index in [9.17, 15) is 0 Å². The van der Waals surface area contributed by atoms with E-state index in [-0.39, 0.29) is 0 Å². The van der Waals surface area contributed by atoms with Crippen LogP contribution in [0, 0.1) is 0 Å². The highest BCUT2D eigenvalue weighted by atomic mass is 35.5. The van der Waals surface area contributed by atoms with Crippen LogP contribution in [-0.4, -0.2) is 6.04 Å². The summed E-state index contributed by atoms with van der Waals surface area (Å²) >= 11 is 6.13. The van der Waals surface area contributed by atoms with Crippen molar-refractivity contribution in [3.8, 4) is 0 Å². The van der Waals surface area contributed by atoms with Gasteiger partial charge in [0.25, 0.3) is 0 Å². The van der Waals surface area contributed by atoms with Gasteiger partial charge in [0.15, 0.2) is 0 Å². The fourth-order valence-corrected chi connectivity index (χ4v) is 1.91. The van der Waals surface area contributed by atoms with Gasteiger partial charge in [-0.2, -0.15) is 0 Å². The molecule has 0 bridgehead atoms. The second-order valence-corrected chi connectivity index (χ2v) is 3.69. The Labute approximate surface area is 78.1 Å². The fourth-order valence-electron chi connectivity index (χ4n) is 1.65. The average Bonchev–Trinajstić information content (AvgIpc) is 2.12. The molecule has 1 aliphatic rings. The molecule has 0 saturated heterocycles. The Balaban J connectivity index is 2.42. The number of aryl methyl sites for hydroxylation is 1. The fraction of sp³-hybridized carbons (Fsp3) is 0.400. The van der Waals surface area contributed by atoms with Crippen molar-refractivity contribution in [3.63, 3.8) is 0 Å². The highest BCUT2D eigenvalue weighted by Gasteiger charge is 2.20. The summed E-state index contributed by atoms with van der Waals surface area (Å²) in [6.07, 6.45) is 2.31. The highest BCUT2D eigenvalue weighted by molar-refractivity contribution is 6.26. The molecule has 0 spiro atoms. The predicted octanol–water partition coefficient (Wildman–Crippen LogP) is 2.98. The summed E-state index contributed by atoms with van der Waals surface area (Å²) in [7, 11) is 0. The van der Waals surface area contributed by atoms with Gasteiger partial charge >= 0.3 is 0 Å². The van der Waals surface area contributed by atoms with E-state index in [2.05, 4.69) is 25.1 Å². The van der Waals surface area contributed by atoms with Crippen LogP contribution in [0.25, 0.3) is 0 Å². The summed E-state index contributed by atoms with van der Waals surface area (Å²) < 4.78 is 1.85. The van der Waals surface area contributed by atoms with Gasteiger partial charge in [-0.3, -0.25) is 4.42 Å². The van der Waals surface area contributed by atoms with E-state index >= 15 is 0 Å². The summed E-state index contributed by atoms with van der Waals surface area (Å²) in [6, 6.07) is 8.79. The third-order valence-corrected chi connectivity index (χ3v) is 2.96. The molecule has 1 heterocycles. The van der Waals surface area contributed by atoms with Crippen LogP contribution >= 0.6 is 11.8 Å². The zero-order valence-electron chi connectivity index (χ0n) is 7.13. The molecule has 0 radical (unpaired) electrons. The van der Waals surface area contributed by atoms with Gasteiger partial charge in [0.1, 0.15) is 0 Å². The quantitative estimate of drug-likeness (QED) is 0.557. The second-order valence-electron chi connectivity index (χ2n) is 3.33. The largest absolute Gasteiger partial charge is 0.282 e. The molecule has 1 aromatic rings. The Kier molecular flexibility index (Phi) is 1.97. The second kappa shape index (κ2) is 2.98. The molecule has 2 rings (SSSR count). The number of fused-ring (bicyclic) bond motifs is 1. The summed E-state index contributed by atoms with van der Waals surface area (Å²) in [5.41, 5.74) is 2.54. The lowest BCUT2D eigenvalue weighted by atomic mass is 9.99. The van der Waals surface area contributed by atoms with Crippen molar-refractivity contribution >= 4 is 17.5 Å². The summed E-state index contributed by atoms with van der Waals surface area (Å²) in [4.78, 5) is 0. The number of halogens is 1. The lowest BCUT2D eigenvalue weighted by Crippen LogP contribution is -2.28. The van der Waals surface area contributed by atoms with Gasteiger partial charge in [-0.05, 0) is 31.4 Å². The minimum atomic E-state index is 0.460. The third kappa shape index (κ3) is 1.18. The van der Waals surface area contributed by atoms with Gasteiger partial charge in [0.05, 0.1) is 5.69 Å². The molecule has 1 nitrogen and oxygen atoms in total. The molecule has 64 valence electrons. The first kappa shape index (κ1) is 7.93. The van der Waals surface area contributed by atoms with Crippen LogP contribution in [0.5, 0.6) is 0 Å². The smallest absolute Gasteiger partial charge is 0.0558 e. The van der Waals surface area contributed by atoms with Crippen LogP contribution in [0.3, 0.4) is 0 Å². The first-order chi connectivity index (χ1) is 5.79. The molecular weight excluding hydrogens is 170 g/mol. The Bertz CT molecular complexity index is 285. The SMILES string of the molecule is CC1CCc2ccccc2N1Cl. The number of hydrogen-bond donors (Lipinski definition) is 0. The molecule has 0 saturated carbocycles. The zero-order chi connectivity index (χ0) is 8.55. The van der Waals surface area contributed by atoms with Crippen molar-refractivity contribution in [2.75, 3.05) is 4.42 Å². The maximum absolute atomic E-state index is 6.13. The number of anilines is 1. The molecule has 0 aliphatic carbocycles. The molecule has 1 unspecified atom stereocenters.